The Kier molecular flexibility index (Phi) is 2.51. The Bertz CT molecular complexity index is 418. The molecule has 16 heavy (non-hydrogen) atoms. The summed E-state index contributed by atoms with van der Waals surface area (Å²) in [6.45, 7) is 1.95. The molecule has 3 heteroatoms. The zero-order chi connectivity index (χ0) is 11.0. The van der Waals surface area contributed by atoms with Crippen LogP contribution in [-0.2, 0) is 5.41 Å². The largest absolute Gasteiger partial charge is 0.371 e. The fourth-order valence-electron chi connectivity index (χ4n) is 2.68. The molecule has 0 spiro atoms. The van der Waals surface area contributed by atoms with E-state index in [0.717, 1.165) is 17.6 Å². The average molecular weight is 279 g/mol. The van der Waals surface area contributed by atoms with E-state index in [1.54, 1.807) is 0 Å². The first kappa shape index (κ1) is 10.3. The molecule has 1 aliphatic carbocycles. The molecule has 3 rings (SSSR count). The number of amidine groups is 1. The molecule has 0 saturated heterocycles. The average Bonchev–Trinajstić information content (AvgIpc) is 2.73. The first-order valence-electron chi connectivity index (χ1n) is 5.86. The monoisotopic (exact) mass is 278 g/mol. The third-order valence-electron chi connectivity index (χ3n) is 3.73. The lowest BCUT2D eigenvalue weighted by Gasteiger charge is -2.42. The van der Waals surface area contributed by atoms with Gasteiger partial charge in [0.2, 0.25) is 0 Å². The van der Waals surface area contributed by atoms with Gasteiger partial charge < -0.3 is 5.32 Å². The van der Waals surface area contributed by atoms with Gasteiger partial charge in [0.15, 0.2) is 0 Å². The summed E-state index contributed by atoms with van der Waals surface area (Å²) in [5, 5.41) is 3.45. The van der Waals surface area contributed by atoms with E-state index in [-0.39, 0.29) is 5.41 Å². The highest BCUT2D eigenvalue weighted by Gasteiger charge is 2.44. The van der Waals surface area contributed by atoms with Crippen LogP contribution >= 0.6 is 15.9 Å². The number of nitrogens with zero attached hydrogens (tertiary/aromatic N) is 1. The number of hydrogen-bond acceptors (Lipinski definition) is 2. The molecule has 2 aliphatic rings. The van der Waals surface area contributed by atoms with Crippen LogP contribution in [0.25, 0.3) is 0 Å². The molecule has 1 saturated carbocycles. The van der Waals surface area contributed by atoms with Crippen LogP contribution in [0.4, 0.5) is 0 Å². The van der Waals surface area contributed by atoms with E-state index in [9.17, 15) is 0 Å². The van der Waals surface area contributed by atoms with Crippen molar-refractivity contribution in [2.75, 3.05) is 13.1 Å². The summed E-state index contributed by atoms with van der Waals surface area (Å²) < 4.78 is 1.15. The maximum absolute atomic E-state index is 4.62. The molecule has 1 fully saturated rings. The predicted octanol–water partition coefficient (Wildman–Crippen LogP) is 2.87. The predicted molar refractivity (Wildman–Crippen MR) is 70.0 cm³/mol. The highest BCUT2D eigenvalue weighted by molar-refractivity contribution is 9.10. The van der Waals surface area contributed by atoms with E-state index in [4.69, 9.17) is 0 Å². The van der Waals surface area contributed by atoms with Gasteiger partial charge in [0, 0.05) is 11.0 Å². The standard InChI is InChI=1S/C13H15BrN2/c14-11-4-2-10(3-5-11)13(6-1-7-13)12-15-8-9-16-12/h2-5H,1,6-9H2,(H,15,16). The van der Waals surface area contributed by atoms with Gasteiger partial charge in [0.05, 0.1) is 12.0 Å². The fourth-order valence-corrected chi connectivity index (χ4v) is 2.94. The lowest BCUT2D eigenvalue weighted by atomic mass is 9.63. The van der Waals surface area contributed by atoms with Crippen molar-refractivity contribution in [1.82, 2.24) is 5.32 Å². The first-order chi connectivity index (χ1) is 7.81. The Morgan fingerprint density at radius 3 is 2.44 bits per heavy atom. The smallest absolute Gasteiger partial charge is 0.107 e. The molecular formula is C13H15BrN2. The molecule has 0 atom stereocenters. The van der Waals surface area contributed by atoms with Crippen LogP contribution in [0.1, 0.15) is 24.8 Å². The van der Waals surface area contributed by atoms with Crippen LogP contribution in [0.5, 0.6) is 0 Å². The van der Waals surface area contributed by atoms with E-state index in [1.165, 1.54) is 30.7 Å². The van der Waals surface area contributed by atoms with Crippen molar-refractivity contribution in [2.24, 2.45) is 4.99 Å². The minimum absolute atomic E-state index is 0.206. The van der Waals surface area contributed by atoms with Gasteiger partial charge in [-0.3, -0.25) is 4.99 Å². The summed E-state index contributed by atoms with van der Waals surface area (Å²) in [7, 11) is 0. The van der Waals surface area contributed by atoms with Crippen molar-refractivity contribution in [3.8, 4) is 0 Å². The molecular weight excluding hydrogens is 264 g/mol. The van der Waals surface area contributed by atoms with E-state index in [1.807, 2.05) is 0 Å². The van der Waals surface area contributed by atoms with Crippen molar-refractivity contribution >= 4 is 21.8 Å². The number of aliphatic imine (C=N–C) groups is 1. The van der Waals surface area contributed by atoms with E-state index in [0.29, 0.717) is 0 Å². The summed E-state index contributed by atoms with van der Waals surface area (Å²) >= 11 is 3.49. The summed E-state index contributed by atoms with van der Waals surface area (Å²) in [5.41, 5.74) is 1.62. The zero-order valence-electron chi connectivity index (χ0n) is 9.17. The Morgan fingerprint density at radius 2 is 1.94 bits per heavy atom. The Labute approximate surface area is 104 Å². The number of halogens is 1. The van der Waals surface area contributed by atoms with Crippen LogP contribution in [0.3, 0.4) is 0 Å². The molecule has 0 bridgehead atoms. The molecule has 0 aromatic heterocycles. The van der Waals surface area contributed by atoms with Crippen LogP contribution in [0, 0.1) is 0 Å². The third-order valence-corrected chi connectivity index (χ3v) is 4.26. The molecule has 1 heterocycles. The van der Waals surface area contributed by atoms with Crippen LogP contribution in [0.15, 0.2) is 33.7 Å². The molecule has 1 aromatic rings. The topological polar surface area (TPSA) is 24.4 Å². The molecule has 0 radical (unpaired) electrons. The number of benzene rings is 1. The molecule has 0 amide bonds. The lowest BCUT2D eigenvalue weighted by molar-refractivity contribution is 0.335. The highest BCUT2D eigenvalue weighted by atomic mass is 79.9. The van der Waals surface area contributed by atoms with Crippen molar-refractivity contribution in [3.05, 3.63) is 34.3 Å². The molecule has 1 aliphatic heterocycles. The van der Waals surface area contributed by atoms with Crippen LogP contribution in [-0.4, -0.2) is 18.9 Å². The highest BCUT2D eigenvalue weighted by Crippen LogP contribution is 2.45. The van der Waals surface area contributed by atoms with E-state index >= 15 is 0 Å². The first-order valence-corrected chi connectivity index (χ1v) is 6.65. The van der Waals surface area contributed by atoms with Gasteiger partial charge in [-0.05, 0) is 30.5 Å². The molecule has 84 valence electrons. The second-order valence-electron chi connectivity index (χ2n) is 4.60. The zero-order valence-corrected chi connectivity index (χ0v) is 10.8. The van der Waals surface area contributed by atoms with Crippen molar-refractivity contribution in [2.45, 2.75) is 24.7 Å². The summed E-state index contributed by atoms with van der Waals surface area (Å²) in [6, 6.07) is 8.72. The molecule has 2 nitrogen and oxygen atoms in total. The van der Waals surface area contributed by atoms with Crippen molar-refractivity contribution < 1.29 is 0 Å². The molecule has 1 aromatic carbocycles. The van der Waals surface area contributed by atoms with Crippen molar-refractivity contribution in [3.63, 3.8) is 0 Å². The third kappa shape index (κ3) is 1.49. The summed E-state index contributed by atoms with van der Waals surface area (Å²) in [4.78, 5) is 4.62. The van der Waals surface area contributed by atoms with E-state index < -0.39 is 0 Å². The Morgan fingerprint density at radius 1 is 1.19 bits per heavy atom. The number of hydrogen-bond donors (Lipinski definition) is 1. The Balaban J connectivity index is 1.98. The van der Waals surface area contributed by atoms with Crippen LogP contribution in [0.2, 0.25) is 0 Å². The minimum Gasteiger partial charge on any atom is -0.371 e. The van der Waals surface area contributed by atoms with Gasteiger partial charge in [-0.15, -0.1) is 0 Å². The van der Waals surface area contributed by atoms with Gasteiger partial charge in [-0.2, -0.15) is 0 Å². The summed E-state index contributed by atoms with van der Waals surface area (Å²) in [5.74, 6) is 1.22. The van der Waals surface area contributed by atoms with Gasteiger partial charge in [-0.1, -0.05) is 34.5 Å². The maximum atomic E-state index is 4.62. The number of rotatable bonds is 2. The van der Waals surface area contributed by atoms with Gasteiger partial charge in [0.1, 0.15) is 5.84 Å². The normalized spacial score (nSPS) is 22.2. The summed E-state index contributed by atoms with van der Waals surface area (Å²) in [6.07, 6.45) is 3.79. The number of nitrogens with one attached hydrogen (secondary N) is 1. The van der Waals surface area contributed by atoms with E-state index in [2.05, 4.69) is 50.5 Å². The SMILES string of the molecule is Brc1ccc(C2(C3=NCCN3)CCC2)cc1. The van der Waals surface area contributed by atoms with Gasteiger partial charge in [0.25, 0.3) is 0 Å². The second kappa shape index (κ2) is 3.88. The lowest BCUT2D eigenvalue weighted by Crippen LogP contribution is -2.47. The fraction of sp³-hybridized carbons (Fsp3) is 0.462. The van der Waals surface area contributed by atoms with Gasteiger partial charge in [-0.25, -0.2) is 0 Å². The minimum atomic E-state index is 0.206. The maximum Gasteiger partial charge on any atom is 0.107 e. The van der Waals surface area contributed by atoms with Gasteiger partial charge >= 0.3 is 0 Å². The van der Waals surface area contributed by atoms with Crippen molar-refractivity contribution in [1.29, 1.82) is 0 Å². The second-order valence-corrected chi connectivity index (χ2v) is 5.52. The Hall–Kier alpha value is -0.830. The van der Waals surface area contributed by atoms with Crippen LogP contribution < -0.4 is 5.32 Å². The quantitative estimate of drug-likeness (QED) is 0.884. The molecule has 1 N–H and O–H groups in total. The molecule has 0 unspecified atom stereocenters.